The molecule has 0 nitrogen and oxygen atoms in total. The minimum absolute atomic E-state index is 0.0491. The van der Waals surface area contributed by atoms with Crippen LogP contribution in [0.5, 0.6) is 0 Å². The summed E-state index contributed by atoms with van der Waals surface area (Å²) < 4.78 is 1.41. The fourth-order valence-corrected chi connectivity index (χ4v) is 6.28. The lowest BCUT2D eigenvalue weighted by Crippen LogP contribution is -2.02. The van der Waals surface area contributed by atoms with Crippen LogP contribution in [0, 0.1) is 0 Å². The van der Waals surface area contributed by atoms with Crippen molar-refractivity contribution in [2.24, 2.45) is 0 Å². The second kappa shape index (κ2) is 7.08. The molecule has 116 valence electrons. The lowest BCUT2D eigenvalue weighted by atomic mass is 10.1. The molecule has 0 aliphatic carbocycles. The van der Waals surface area contributed by atoms with E-state index >= 15 is 0 Å². The fraction of sp³-hybridized carbons (Fsp3) is 0. The van der Waals surface area contributed by atoms with Crippen molar-refractivity contribution >= 4 is 22.2 Å². The molecule has 0 atom stereocenters. The maximum Gasteiger partial charge on any atom is 0.220 e. The molecule has 3 aromatic carbocycles. The first-order valence-corrected chi connectivity index (χ1v) is 10.0. The van der Waals surface area contributed by atoms with Gasteiger partial charge in [-0.25, -0.2) is 0 Å². The normalized spacial score (nSPS) is 10.9. The van der Waals surface area contributed by atoms with E-state index in [0.717, 1.165) is 0 Å². The van der Waals surface area contributed by atoms with Crippen molar-refractivity contribution in [3.05, 3.63) is 102 Å². The van der Waals surface area contributed by atoms with Gasteiger partial charge in [0, 0.05) is 11.4 Å². The molecule has 4 rings (SSSR count). The third-order valence-corrected chi connectivity index (χ3v) is 7.36. The van der Waals surface area contributed by atoms with E-state index in [2.05, 4.69) is 102 Å². The zero-order valence-corrected chi connectivity index (χ0v) is 14.8. The van der Waals surface area contributed by atoms with Crippen molar-refractivity contribution in [3.63, 3.8) is 0 Å². The number of rotatable bonds is 4. The van der Waals surface area contributed by atoms with Crippen LogP contribution in [0.2, 0.25) is 0 Å². The molecule has 0 unspecified atom stereocenters. The first-order valence-electron chi connectivity index (χ1n) is 7.90. The Balaban J connectivity index is 1.79. The summed E-state index contributed by atoms with van der Waals surface area (Å²) in [5, 5.41) is 2.27. The van der Waals surface area contributed by atoms with Crippen molar-refractivity contribution in [2.45, 2.75) is 14.0 Å². The summed E-state index contributed by atoms with van der Waals surface area (Å²) in [4.78, 5) is 2.73. The van der Waals surface area contributed by atoms with Crippen molar-refractivity contribution in [2.75, 3.05) is 0 Å². The minimum atomic E-state index is -0.0491. The summed E-state index contributed by atoms with van der Waals surface area (Å²) in [7, 11) is -0.0491. The maximum absolute atomic E-state index is 2.35. The molecule has 0 aliphatic rings. The van der Waals surface area contributed by atoms with Crippen LogP contribution in [0.25, 0.3) is 11.1 Å². The molecule has 4 aromatic rings. The van der Waals surface area contributed by atoms with Crippen LogP contribution in [0.3, 0.4) is 0 Å². The summed E-state index contributed by atoms with van der Waals surface area (Å²) in [6, 6.07) is 34.6. The van der Waals surface area contributed by atoms with Gasteiger partial charge < -0.3 is 0 Å². The molecule has 0 fully saturated rings. The molecule has 24 heavy (non-hydrogen) atoms. The van der Waals surface area contributed by atoms with E-state index in [1.165, 1.54) is 25.1 Å². The Labute approximate surface area is 149 Å². The van der Waals surface area contributed by atoms with Crippen LogP contribution >= 0.6 is 11.3 Å². The van der Waals surface area contributed by atoms with Crippen molar-refractivity contribution < 1.29 is 0 Å². The smallest absolute Gasteiger partial charge is 0.0929 e. The standard InChI is InChI=1S/C22H17S2/c1-4-10-18(11-5-1)19-16-22(23-17-19)24(20-12-6-2-7-13-20)21-14-8-3-9-15-21/h1-17H/q+1. The van der Waals surface area contributed by atoms with Crippen LogP contribution in [0.1, 0.15) is 0 Å². The predicted octanol–water partition coefficient (Wildman–Crippen LogP) is 6.51. The number of benzene rings is 3. The highest BCUT2D eigenvalue weighted by atomic mass is 32.2. The van der Waals surface area contributed by atoms with E-state index in [1.54, 1.807) is 0 Å². The summed E-state index contributed by atoms with van der Waals surface area (Å²) in [5.74, 6) is 0. The summed E-state index contributed by atoms with van der Waals surface area (Å²) in [6.07, 6.45) is 0. The third-order valence-electron chi connectivity index (χ3n) is 3.84. The van der Waals surface area contributed by atoms with Gasteiger partial charge in [0.1, 0.15) is 10.9 Å². The highest BCUT2D eigenvalue weighted by Gasteiger charge is 2.30. The number of thiophene rings is 1. The van der Waals surface area contributed by atoms with Crippen molar-refractivity contribution in [1.29, 1.82) is 0 Å². The molecule has 0 bridgehead atoms. The highest BCUT2D eigenvalue weighted by Crippen LogP contribution is 2.37. The van der Waals surface area contributed by atoms with E-state index in [4.69, 9.17) is 0 Å². The van der Waals surface area contributed by atoms with Gasteiger partial charge >= 0.3 is 0 Å². The number of hydrogen-bond donors (Lipinski definition) is 0. The van der Waals surface area contributed by atoms with Gasteiger partial charge in [0.05, 0.1) is 0 Å². The molecule has 0 N–H and O–H groups in total. The fourth-order valence-electron chi connectivity index (χ4n) is 2.69. The second-order valence-electron chi connectivity index (χ2n) is 5.45. The summed E-state index contributed by atoms with van der Waals surface area (Å²) in [6.45, 7) is 0. The topological polar surface area (TPSA) is 0 Å². The predicted molar refractivity (Wildman–Crippen MR) is 105 cm³/mol. The Hall–Kier alpha value is -2.29. The second-order valence-corrected chi connectivity index (χ2v) is 8.62. The lowest BCUT2D eigenvalue weighted by molar-refractivity contribution is 1.36. The van der Waals surface area contributed by atoms with Crippen LogP contribution in [-0.4, -0.2) is 0 Å². The molecule has 1 aromatic heterocycles. The van der Waals surface area contributed by atoms with E-state index in [-0.39, 0.29) is 10.9 Å². The van der Waals surface area contributed by atoms with Crippen LogP contribution in [0.15, 0.2) is 116 Å². The molecule has 0 saturated heterocycles. The van der Waals surface area contributed by atoms with Gasteiger partial charge in [0.2, 0.25) is 4.21 Å². The SMILES string of the molecule is c1ccc(-c2csc([S+](c3ccccc3)c3ccccc3)c2)cc1. The van der Waals surface area contributed by atoms with Gasteiger partial charge in [-0.1, -0.05) is 78.1 Å². The van der Waals surface area contributed by atoms with Gasteiger partial charge in [-0.2, -0.15) is 0 Å². The largest absolute Gasteiger partial charge is 0.220 e. The minimum Gasteiger partial charge on any atom is -0.0929 e. The molecule has 1 heterocycles. The third kappa shape index (κ3) is 3.16. The van der Waals surface area contributed by atoms with Gasteiger partial charge in [0.15, 0.2) is 9.79 Å². The Morgan fingerprint density at radius 3 is 1.58 bits per heavy atom. The Kier molecular flexibility index (Phi) is 4.50. The van der Waals surface area contributed by atoms with Gasteiger partial charge in [0.25, 0.3) is 0 Å². The Morgan fingerprint density at radius 2 is 1.04 bits per heavy atom. The summed E-state index contributed by atoms with van der Waals surface area (Å²) in [5.41, 5.74) is 2.59. The molecular weight excluding hydrogens is 328 g/mol. The van der Waals surface area contributed by atoms with E-state index in [0.29, 0.717) is 0 Å². The van der Waals surface area contributed by atoms with Crippen LogP contribution in [-0.2, 0) is 10.9 Å². The molecule has 0 amide bonds. The van der Waals surface area contributed by atoms with Gasteiger partial charge in [-0.15, -0.1) is 0 Å². The average molecular weight is 346 g/mol. The molecule has 0 radical (unpaired) electrons. The molecular formula is C22H17S2+. The average Bonchev–Trinajstić information content (AvgIpc) is 3.14. The van der Waals surface area contributed by atoms with E-state index in [1.807, 2.05) is 11.3 Å². The van der Waals surface area contributed by atoms with E-state index < -0.39 is 0 Å². The quantitative estimate of drug-likeness (QED) is 0.370. The van der Waals surface area contributed by atoms with Crippen molar-refractivity contribution in [1.82, 2.24) is 0 Å². The Morgan fingerprint density at radius 1 is 0.542 bits per heavy atom. The zero-order valence-electron chi connectivity index (χ0n) is 13.1. The van der Waals surface area contributed by atoms with E-state index in [9.17, 15) is 0 Å². The van der Waals surface area contributed by atoms with Gasteiger partial charge in [-0.3, -0.25) is 0 Å². The molecule has 0 spiro atoms. The van der Waals surface area contributed by atoms with Crippen LogP contribution in [0.4, 0.5) is 0 Å². The summed E-state index contributed by atoms with van der Waals surface area (Å²) >= 11 is 1.85. The van der Waals surface area contributed by atoms with Gasteiger partial charge in [-0.05, 0) is 35.4 Å². The Bertz CT molecular complexity index is 857. The monoisotopic (exact) mass is 345 g/mol. The lowest BCUT2D eigenvalue weighted by Gasteiger charge is -2.05. The molecule has 2 heteroatoms. The first kappa shape index (κ1) is 15.3. The maximum atomic E-state index is 2.35. The zero-order chi connectivity index (χ0) is 16.2. The van der Waals surface area contributed by atoms with Crippen LogP contribution < -0.4 is 0 Å². The molecule has 0 aliphatic heterocycles. The number of hydrogen-bond acceptors (Lipinski definition) is 1. The highest BCUT2D eigenvalue weighted by molar-refractivity contribution is 7.98. The first-order chi connectivity index (χ1) is 11.9. The molecule has 0 saturated carbocycles. The van der Waals surface area contributed by atoms with Crippen molar-refractivity contribution in [3.8, 4) is 11.1 Å².